The minimum Gasteiger partial charge on any atom is -0.326 e. The molecule has 1 aromatic rings. The van der Waals surface area contributed by atoms with Crippen LogP contribution in [0.5, 0.6) is 0 Å². The molecule has 0 aromatic carbocycles. The van der Waals surface area contributed by atoms with Crippen LogP contribution in [0.3, 0.4) is 0 Å². The number of nitrogens with zero attached hydrogens (tertiary/aromatic N) is 3. The van der Waals surface area contributed by atoms with Crippen LogP contribution in [0.15, 0.2) is 21.8 Å². The first-order chi connectivity index (χ1) is 11.5. The second-order valence-electron chi connectivity index (χ2n) is 7.39. The Labute approximate surface area is 157 Å². The Morgan fingerprint density at radius 1 is 1.21 bits per heavy atom. The summed E-state index contributed by atoms with van der Waals surface area (Å²) in [4.78, 5) is 11.8. The van der Waals surface area contributed by atoms with E-state index in [0.29, 0.717) is 23.0 Å². The molecule has 1 aromatic heterocycles. The quantitative estimate of drug-likeness (QED) is 0.543. The maximum Gasteiger partial charge on any atom is 0.141 e. The van der Waals surface area contributed by atoms with Crippen LogP contribution in [0.2, 0.25) is 5.15 Å². The molecule has 0 saturated heterocycles. The molecule has 1 fully saturated rings. The fourth-order valence-corrected chi connectivity index (χ4v) is 5.99. The summed E-state index contributed by atoms with van der Waals surface area (Å²) in [6.45, 7) is 6.48. The molecule has 128 valence electrons. The first kappa shape index (κ1) is 16.6. The van der Waals surface area contributed by atoms with Gasteiger partial charge in [0.2, 0.25) is 0 Å². The summed E-state index contributed by atoms with van der Waals surface area (Å²) in [5.74, 6) is 2.79. The van der Waals surface area contributed by atoms with Crippen LogP contribution in [0, 0.1) is 12.8 Å². The smallest absolute Gasteiger partial charge is 0.141 e. The average Bonchev–Trinajstić information content (AvgIpc) is 2.81. The lowest BCUT2D eigenvalue weighted by molar-refractivity contribution is 0.388. The Balaban J connectivity index is 1.91. The normalized spacial score (nSPS) is 29.5. The van der Waals surface area contributed by atoms with Crippen LogP contribution in [-0.4, -0.2) is 16.0 Å². The Morgan fingerprint density at radius 2 is 1.96 bits per heavy atom. The second kappa shape index (κ2) is 6.14. The van der Waals surface area contributed by atoms with E-state index >= 15 is 0 Å². The number of halogens is 2. The maximum atomic E-state index is 6.58. The molecule has 3 aliphatic rings. The number of anilines is 1. The molecule has 0 N–H and O–H groups in total. The van der Waals surface area contributed by atoms with E-state index in [1.54, 1.807) is 0 Å². The number of hydrogen-bond donors (Lipinski definition) is 0. The second-order valence-corrected chi connectivity index (χ2v) is 8.77. The van der Waals surface area contributed by atoms with Gasteiger partial charge in [-0.1, -0.05) is 47.3 Å². The Kier molecular flexibility index (Phi) is 4.24. The summed E-state index contributed by atoms with van der Waals surface area (Å²) >= 11 is 10.3. The minimum atomic E-state index is 0.476. The van der Waals surface area contributed by atoms with Gasteiger partial charge in [-0.25, -0.2) is 9.97 Å². The standard InChI is InChI=1S/C19H23BrClN3/c1-10-8-13(20)9-11(2)17(10)24-15-7-5-4-6-14(15)16-18(21)22-12(3)23-19(16)24/h8,11,14-15H,4-7,9H2,1-3H3. The monoisotopic (exact) mass is 407 g/mol. The molecule has 5 heteroatoms. The highest BCUT2D eigenvalue weighted by atomic mass is 79.9. The van der Waals surface area contributed by atoms with Gasteiger partial charge >= 0.3 is 0 Å². The van der Waals surface area contributed by atoms with Crippen LogP contribution >= 0.6 is 27.5 Å². The highest BCUT2D eigenvalue weighted by Crippen LogP contribution is 2.52. The van der Waals surface area contributed by atoms with Gasteiger partial charge in [-0.15, -0.1) is 0 Å². The summed E-state index contributed by atoms with van der Waals surface area (Å²) in [7, 11) is 0. The van der Waals surface area contributed by atoms with Crippen molar-refractivity contribution in [1.82, 2.24) is 9.97 Å². The molecule has 3 unspecified atom stereocenters. The highest BCUT2D eigenvalue weighted by Gasteiger charge is 2.45. The number of aryl methyl sites for hydroxylation is 1. The van der Waals surface area contributed by atoms with Crippen molar-refractivity contribution in [2.45, 2.75) is 64.8 Å². The SMILES string of the molecule is CC1=C(N2c3nc(C)nc(Cl)c3C3CCCCC32)C(C)CC(Br)=C1. The third-order valence-corrected chi connectivity index (χ3v) is 6.50. The van der Waals surface area contributed by atoms with Gasteiger partial charge in [-0.2, -0.15) is 0 Å². The molecule has 3 nitrogen and oxygen atoms in total. The van der Waals surface area contributed by atoms with Gasteiger partial charge in [-0.05, 0) is 49.2 Å². The summed E-state index contributed by atoms with van der Waals surface area (Å²) in [5.41, 5.74) is 3.95. The molecule has 0 amide bonds. The van der Waals surface area contributed by atoms with Crippen molar-refractivity contribution in [3.63, 3.8) is 0 Å². The topological polar surface area (TPSA) is 29.0 Å². The van der Waals surface area contributed by atoms with E-state index in [4.69, 9.17) is 16.6 Å². The molecule has 1 saturated carbocycles. The Bertz CT molecular complexity index is 755. The van der Waals surface area contributed by atoms with Gasteiger partial charge < -0.3 is 4.90 Å². The molecule has 0 radical (unpaired) electrons. The molecular formula is C19H23BrClN3. The lowest BCUT2D eigenvalue weighted by Gasteiger charge is -2.38. The number of hydrogen-bond acceptors (Lipinski definition) is 3. The lowest BCUT2D eigenvalue weighted by Crippen LogP contribution is -2.38. The van der Waals surface area contributed by atoms with Crippen LogP contribution in [0.1, 0.15) is 63.3 Å². The van der Waals surface area contributed by atoms with Crippen molar-refractivity contribution >= 4 is 33.3 Å². The molecule has 2 aliphatic carbocycles. The van der Waals surface area contributed by atoms with Crippen molar-refractivity contribution in [2.24, 2.45) is 5.92 Å². The first-order valence-corrected chi connectivity index (χ1v) is 10.0. The van der Waals surface area contributed by atoms with Gasteiger partial charge in [0, 0.05) is 29.1 Å². The van der Waals surface area contributed by atoms with Gasteiger partial charge in [0.05, 0.1) is 0 Å². The van der Waals surface area contributed by atoms with E-state index in [0.717, 1.165) is 18.1 Å². The van der Waals surface area contributed by atoms with Crippen LogP contribution in [0.25, 0.3) is 0 Å². The molecule has 2 heterocycles. The van der Waals surface area contributed by atoms with Crippen LogP contribution in [-0.2, 0) is 0 Å². The van der Waals surface area contributed by atoms with E-state index in [9.17, 15) is 0 Å². The average molecular weight is 409 g/mol. The Hall–Kier alpha value is -0.870. The summed E-state index contributed by atoms with van der Waals surface area (Å²) < 4.78 is 1.28. The molecule has 4 rings (SSSR count). The molecular weight excluding hydrogens is 386 g/mol. The fraction of sp³-hybridized carbons (Fsp3) is 0.579. The minimum absolute atomic E-state index is 0.476. The van der Waals surface area contributed by atoms with Crippen molar-refractivity contribution in [2.75, 3.05) is 4.90 Å². The summed E-state index contributed by atoms with van der Waals surface area (Å²) in [6.07, 6.45) is 8.29. The van der Waals surface area contributed by atoms with Crippen LogP contribution in [0.4, 0.5) is 5.82 Å². The number of rotatable bonds is 1. The largest absolute Gasteiger partial charge is 0.326 e. The van der Waals surface area contributed by atoms with Crippen LogP contribution < -0.4 is 4.90 Å². The van der Waals surface area contributed by atoms with Gasteiger partial charge in [-0.3, -0.25) is 0 Å². The Morgan fingerprint density at radius 3 is 2.71 bits per heavy atom. The van der Waals surface area contributed by atoms with E-state index in [2.05, 4.69) is 45.7 Å². The number of allylic oxidation sites excluding steroid dienone is 4. The predicted octanol–water partition coefficient (Wildman–Crippen LogP) is 5.88. The molecule has 3 atom stereocenters. The van der Waals surface area contributed by atoms with Crippen molar-refractivity contribution in [1.29, 1.82) is 0 Å². The zero-order valence-electron chi connectivity index (χ0n) is 14.4. The van der Waals surface area contributed by atoms with Crippen molar-refractivity contribution < 1.29 is 0 Å². The third kappa shape index (κ3) is 2.53. The summed E-state index contributed by atoms with van der Waals surface area (Å²) in [6, 6.07) is 0.486. The highest BCUT2D eigenvalue weighted by molar-refractivity contribution is 9.11. The van der Waals surface area contributed by atoms with Gasteiger partial charge in [0.15, 0.2) is 0 Å². The molecule has 0 bridgehead atoms. The lowest BCUT2D eigenvalue weighted by atomic mass is 9.82. The van der Waals surface area contributed by atoms with E-state index in [1.165, 1.54) is 47.0 Å². The summed E-state index contributed by atoms with van der Waals surface area (Å²) in [5, 5.41) is 0.662. The van der Waals surface area contributed by atoms with Crippen molar-refractivity contribution in [3.05, 3.63) is 38.4 Å². The zero-order valence-corrected chi connectivity index (χ0v) is 16.8. The molecule has 0 spiro atoms. The van der Waals surface area contributed by atoms with Gasteiger partial charge in [0.1, 0.15) is 16.8 Å². The maximum absolute atomic E-state index is 6.58. The van der Waals surface area contributed by atoms with Gasteiger partial charge in [0.25, 0.3) is 0 Å². The third-order valence-electron chi connectivity index (χ3n) is 5.66. The van der Waals surface area contributed by atoms with E-state index in [-0.39, 0.29) is 0 Å². The van der Waals surface area contributed by atoms with E-state index < -0.39 is 0 Å². The van der Waals surface area contributed by atoms with E-state index in [1.807, 2.05) is 6.92 Å². The van der Waals surface area contributed by atoms with Crippen molar-refractivity contribution in [3.8, 4) is 0 Å². The molecule has 24 heavy (non-hydrogen) atoms. The first-order valence-electron chi connectivity index (χ1n) is 8.87. The zero-order chi connectivity index (χ0) is 17.0. The number of fused-ring (bicyclic) bond motifs is 3. The number of aromatic nitrogens is 2. The predicted molar refractivity (Wildman–Crippen MR) is 103 cm³/mol. The molecule has 1 aliphatic heterocycles. The fourth-order valence-electron chi connectivity index (χ4n) is 4.82.